The van der Waals surface area contributed by atoms with Crippen LogP contribution in [0.2, 0.25) is 0 Å². The molecule has 1 N–H and O–H groups in total. The van der Waals surface area contributed by atoms with Crippen molar-refractivity contribution in [3.63, 3.8) is 0 Å². The Morgan fingerprint density at radius 2 is 2.12 bits per heavy atom. The van der Waals surface area contributed by atoms with Crippen LogP contribution in [0.25, 0.3) is 0 Å². The van der Waals surface area contributed by atoms with Gasteiger partial charge >= 0.3 is 0 Å². The lowest BCUT2D eigenvalue weighted by Crippen LogP contribution is -2.32. The molecule has 1 rings (SSSR count). The first-order valence-electron chi connectivity index (χ1n) is 6.21. The van der Waals surface area contributed by atoms with E-state index >= 15 is 0 Å². The average molecular weight is 221 g/mol. The summed E-state index contributed by atoms with van der Waals surface area (Å²) >= 11 is 0. The van der Waals surface area contributed by atoms with E-state index in [2.05, 4.69) is 44.3 Å². The van der Waals surface area contributed by atoms with Gasteiger partial charge in [0.05, 0.1) is 0 Å². The minimum Gasteiger partial charge on any atom is -0.492 e. The molecule has 0 saturated heterocycles. The van der Waals surface area contributed by atoms with E-state index in [1.165, 1.54) is 5.56 Å². The van der Waals surface area contributed by atoms with E-state index < -0.39 is 0 Å². The van der Waals surface area contributed by atoms with Crippen LogP contribution < -0.4 is 10.1 Å². The van der Waals surface area contributed by atoms with Crippen LogP contribution in [0, 0.1) is 0 Å². The van der Waals surface area contributed by atoms with Crippen LogP contribution >= 0.6 is 0 Å². The Hall–Kier alpha value is -1.02. The molecule has 90 valence electrons. The van der Waals surface area contributed by atoms with Crippen LogP contribution in [-0.4, -0.2) is 19.2 Å². The second-order valence-corrected chi connectivity index (χ2v) is 4.17. The average Bonchev–Trinajstić information content (AvgIpc) is 2.34. The first kappa shape index (κ1) is 13.0. The molecule has 1 atom stereocenters. The maximum Gasteiger partial charge on any atom is 0.119 e. The van der Waals surface area contributed by atoms with Crippen molar-refractivity contribution in [3.05, 3.63) is 29.8 Å². The predicted molar refractivity (Wildman–Crippen MR) is 69.1 cm³/mol. The first-order valence-corrected chi connectivity index (χ1v) is 6.21. The molecule has 0 fully saturated rings. The summed E-state index contributed by atoms with van der Waals surface area (Å²) in [5.74, 6) is 0.976. The Balaban J connectivity index is 2.35. The fourth-order valence-electron chi connectivity index (χ4n) is 1.53. The summed E-state index contributed by atoms with van der Waals surface area (Å²) < 4.78 is 5.74. The van der Waals surface area contributed by atoms with E-state index in [0.717, 1.165) is 31.7 Å². The third-order valence-electron chi connectivity index (χ3n) is 2.55. The molecule has 1 unspecified atom stereocenters. The smallest absolute Gasteiger partial charge is 0.119 e. The van der Waals surface area contributed by atoms with Crippen LogP contribution in [0.15, 0.2) is 24.3 Å². The molecule has 1 aromatic rings. The van der Waals surface area contributed by atoms with Crippen LogP contribution in [0.5, 0.6) is 5.75 Å². The SMILES string of the molecule is CCCNC(C)COc1cccc(CC)c1. The lowest BCUT2D eigenvalue weighted by Gasteiger charge is -2.14. The topological polar surface area (TPSA) is 21.3 Å². The number of nitrogens with one attached hydrogen (secondary N) is 1. The molecule has 0 heterocycles. The van der Waals surface area contributed by atoms with Crippen molar-refractivity contribution in [3.8, 4) is 5.75 Å². The summed E-state index contributed by atoms with van der Waals surface area (Å²) in [4.78, 5) is 0. The first-order chi connectivity index (χ1) is 7.76. The van der Waals surface area contributed by atoms with E-state index in [1.54, 1.807) is 0 Å². The lowest BCUT2D eigenvalue weighted by molar-refractivity contribution is 0.273. The highest BCUT2D eigenvalue weighted by molar-refractivity contribution is 5.28. The Morgan fingerprint density at radius 3 is 2.81 bits per heavy atom. The summed E-state index contributed by atoms with van der Waals surface area (Å²) in [5.41, 5.74) is 1.33. The van der Waals surface area contributed by atoms with Gasteiger partial charge in [-0.1, -0.05) is 26.0 Å². The van der Waals surface area contributed by atoms with Crippen molar-refractivity contribution in [1.29, 1.82) is 0 Å². The van der Waals surface area contributed by atoms with Gasteiger partial charge in [-0.05, 0) is 44.0 Å². The highest BCUT2D eigenvalue weighted by atomic mass is 16.5. The van der Waals surface area contributed by atoms with Gasteiger partial charge in [-0.15, -0.1) is 0 Å². The quantitative estimate of drug-likeness (QED) is 0.764. The van der Waals surface area contributed by atoms with Gasteiger partial charge in [-0.3, -0.25) is 0 Å². The Bertz CT molecular complexity index is 299. The molecule has 16 heavy (non-hydrogen) atoms. The number of ether oxygens (including phenoxy) is 1. The van der Waals surface area contributed by atoms with Gasteiger partial charge in [0.15, 0.2) is 0 Å². The number of hydrogen-bond donors (Lipinski definition) is 1. The van der Waals surface area contributed by atoms with Gasteiger partial charge in [0.1, 0.15) is 12.4 Å². The van der Waals surface area contributed by atoms with Crippen LogP contribution in [-0.2, 0) is 6.42 Å². The van der Waals surface area contributed by atoms with E-state index in [0.29, 0.717) is 6.04 Å². The fraction of sp³-hybridized carbons (Fsp3) is 0.571. The second kappa shape index (κ2) is 7.29. The molecule has 0 aliphatic rings. The molecule has 0 radical (unpaired) electrons. The predicted octanol–water partition coefficient (Wildman–Crippen LogP) is 3.02. The molecule has 0 aliphatic carbocycles. The van der Waals surface area contributed by atoms with Crippen molar-refractivity contribution in [1.82, 2.24) is 5.32 Å². The zero-order valence-corrected chi connectivity index (χ0v) is 10.6. The Kier molecular flexibility index (Phi) is 5.94. The summed E-state index contributed by atoms with van der Waals surface area (Å²) in [7, 11) is 0. The largest absolute Gasteiger partial charge is 0.492 e. The van der Waals surface area contributed by atoms with Crippen molar-refractivity contribution in [2.45, 2.75) is 39.7 Å². The van der Waals surface area contributed by atoms with E-state index in [4.69, 9.17) is 4.74 Å². The summed E-state index contributed by atoms with van der Waals surface area (Å²) in [5, 5.41) is 3.41. The minimum atomic E-state index is 0.408. The highest BCUT2D eigenvalue weighted by Gasteiger charge is 2.01. The molecule has 0 bridgehead atoms. The maximum atomic E-state index is 5.74. The zero-order chi connectivity index (χ0) is 11.8. The van der Waals surface area contributed by atoms with Crippen molar-refractivity contribution < 1.29 is 4.74 Å². The van der Waals surface area contributed by atoms with Gasteiger partial charge < -0.3 is 10.1 Å². The summed E-state index contributed by atoms with van der Waals surface area (Å²) in [6, 6.07) is 8.73. The molecule has 1 aromatic carbocycles. The van der Waals surface area contributed by atoms with Gasteiger partial charge in [0.25, 0.3) is 0 Å². The van der Waals surface area contributed by atoms with Gasteiger partial charge in [0.2, 0.25) is 0 Å². The van der Waals surface area contributed by atoms with Gasteiger partial charge in [-0.25, -0.2) is 0 Å². The van der Waals surface area contributed by atoms with Crippen LogP contribution in [0.1, 0.15) is 32.8 Å². The number of benzene rings is 1. The zero-order valence-electron chi connectivity index (χ0n) is 10.6. The summed E-state index contributed by atoms with van der Waals surface area (Å²) in [6.07, 6.45) is 2.22. The van der Waals surface area contributed by atoms with Crippen molar-refractivity contribution in [2.24, 2.45) is 0 Å². The third-order valence-corrected chi connectivity index (χ3v) is 2.55. The van der Waals surface area contributed by atoms with Gasteiger partial charge in [-0.2, -0.15) is 0 Å². The molecule has 0 spiro atoms. The second-order valence-electron chi connectivity index (χ2n) is 4.17. The molecule has 0 saturated carbocycles. The Labute approximate surface area is 99.0 Å². The minimum absolute atomic E-state index is 0.408. The fourth-order valence-corrected chi connectivity index (χ4v) is 1.53. The van der Waals surface area contributed by atoms with Crippen LogP contribution in [0.4, 0.5) is 0 Å². The van der Waals surface area contributed by atoms with Crippen LogP contribution in [0.3, 0.4) is 0 Å². The van der Waals surface area contributed by atoms with E-state index in [-0.39, 0.29) is 0 Å². The van der Waals surface area contributed by atoms with Crippen molar-refractivity contribution >= 4 is 0 Å². The normalized spacial score (nSPS) is 12.4. The molecule has 0 aliphatic heterocycles. The number of aryl methyl sites for hydroxylation is 1. The van der Waals surface area contributed by atoms with Crippen molar-refractivity contribution in [2.75, 3.05) is 13.2 Å². The molecular weight excluding hydrogens is 198 g/mol. The number of rotatable bonds is 7. The van der Waals surface area contributed by atoms with E-state index in [1.807, 2.05) is 6.07 Å². The molecule has 2 heteroatoms. The highest BCUT2D eigenvalue weighted by Crippen LogP contribution is 2.13. The maximum absolute atomic E-state index is 5.74. The molecule has 0 amide bonds. The lowest BCUT2D eigenvalue weighted by atomic mass is 10.2. The van der Waals surface area contributed by atoms with E-state index in [9.17, 15) is 0 Å². The molecular formula is C14H23NO. The monoisotopic (exact) mass is 221 g/mol. The third kappa shape index (κ3) is 4.67. The molecule has 2 nitrogen and oxygen atoms in total. The number of hydrogen-bond acceptors (Lipinski definition) is 2. The summed E-state index contributed by atoms with van der Waals surface area (Å²) in [6.45, 7) is 8.27. The standard InChI is InChI=1S/C14H23NO/c1-4-9-15-12(3)11-16-14-8-6-7-13(5-2)10-14/h6-8,10,12,15H,4-5,9,11H2,1-3H3. The Morgan fingerprint density at radius 1 is 1.31 bits per heavy atom. The molecule has 0 aromatic heterocycles. The van der Waals surface area contributed by atoms with Gasteiger partial charge in [0, 0.05) is 6.04 Å².